The number of esters is 1. The predicted octanol–water partition coefficient (Wildman–Crippen LogP) is 4.66. The summed E-state index contributed by atoms with van der Waals surface area (Å²) in [6.45, 7) is 2.24. The van der Waals surface area contributed by atoms with Crippen molar-refractivity contribution in [3.05, 3.63) is 95.3 Å². The smallest absolute Gasteiger partial charge is 0.307 e. The number of nitrogens with one attached hydrogen (secondary N) is 1. The number of aryl methyl sites for hydroxylation is 1. The van der Waals surface area contributed by atoms with E-state index < -0.39 is 17.7 Å². The highest BCUT2D eigenvalue weighted by Gasteiger charge is 2.12. The van der Waals surface area contributed by atoms with E-state index in [0.29, 0.717) is 5.56 Å². The summed E-state index contributed by atoms with van der Waals surface area (Å²) >= 11 is 0. The molecule has 3 aromatic carbocycles. The van der Waals surface area contributed by atoms with Crippen LogP contribution >= 0.6 is 0 Å². The summed E-state index contributed by atoms with van der Waals surface area (Å²) in [6.07, 6.45) is 0.0402. The van der Waals surface area contributed by atoms with Gasteiger partial charge in [-0.25, -0.2) is 4.39 Å². The van der Waals surface area contributed by atoms with Gasteiger partial charge in [0.1, 0.15) is 12.4 Å². The third-order valence-corrected chi connectivity index (χ3v) is 4.47. The Bertz CT molecular complexity index is 1000. The zero-order valence-corrected chi connectivity index (χ0v) is 16.2. The molecule has 0 atom stereocenters. The second kappa shape index (κ2) is 9.64. The quantitative estimate of drug-likeness (QED) is 0.596. The SMILES string of the molecule is Cc1ccccc1-c1cc(F)cc(C(=O)NCCC(=O)OCc2ccccc2)c1. The number of halogens is 1. The molecule has 0 saturated carbocycles. The molecule has 0 aliphatic heterocycles. The fourth-order valence-corrected chi connectivity index (χ4v) is 2.96. The summed E-state index contributed by atoms with van der Waals surface area (Å²) in [5.41, 5.74) is 3.60. The molecule has 0 heterocycles. The number of carbonyl (C=O) groups excluding carboxylic acids is 2. The number of hydrogen-bond acceptors (Lipinski definition) is 3. The molecule has 0 fully saturated rings. The van der Waals surface area contributed by atoms with Crippen LogP contribution in [0.25, 0.3) is 11.1 Å². The molecule has 4 nitrogen and oxygen atoms in total. The summed E-state index contributed by atoms with van der Waals surface area (Å²) in [6, 6.07) is 21.2. The van der Waals surface area contributed by atoms with Gasteiger partial charge in [-0.1, -0.05) is 54.6 Å². The maximum Gasteiger partial charge on any atom is 0.307 e. The first-order valence-corrected chi connectivity index (χ1v) is 9.37. The molecule has 0 radical (unpaired) electrons. The molecule has 5 heteroatoms. The molecule has 0 aromatic heterocycles. The van der Waals surface area contributed by atoms with E-state index in [0.717, 1.165) is 16.7 Å². The van der Waals surface area contributed by atoms with Gasteiger partial charge in [-0.3, -0.25) is 9.59 Å². The van der Waals surface area contributed by atoms with Crippen LogP contribution in [0.1, 0.15) is 27.9 Å². The van der Waals surface area contributed by atoms with Crippen LogP contribution in [0, 0.1) is 12.7 Å². The average molecular weight is 391 g/mol. The number of ether oxygens (including phenoxy) is 1. The Kier molecular flexibility index (Phi) is 6.74. The Morgan fingerprint density at radius 3 is 2.45 bits per heavy atom. The number of amides is 1. The molecular formula is C24H22FNO3. The summed E-state index contributed by atoms with van der Waals surface area (Å²) in [5.74, 6) is -1.33. The monoisotopic (exact) mass is 391 g/mol. The van der Waals surface area contributed by atoms with Crippen molar-refractivity contribution < 1.29 is 18.7 Å². The second-order valence-electron chi connectivity index (χ2n) is 6.70. The molecule has 0 unspecified atom stereocenters. The Hall–Kier alpha value is -3.47. The molecule has 3 rings (SSSR count). The van der Waals surface area contributed by atoms with Crippen molar-refractivity contribution in [1.82, 2.24) is 5.32 Å². The summed E-state index contributed by atoms with van der Waals surface area (Å²) < 4.78 is 19.2. The molecule has 1 amide bonds. The van der Waals surface area contributed by atoms with E-state index in [1.165, 1.54) is 12.1 Å². The van der Waals surface area contributed by atoms with Gasteiger partial charge in [-0.2, -0.15) is 0 Å². The summed E-state index contributed by atoms with van der Waals surface area (Å²) in [5, 5.41) is 2.64. The van der Waals surface area contributed by atoms with E-state index in [1.807, 2.05) is 61.5 Å². The number of carbonyl (C=O) groups is 2. The van der Waals surface area contributed by atoms with Gasteiger partial charge in [-0.15, -0.1) is 0 Å². The van der Waals surface area contributed by atoms with Crippen molar-refractivity contribution in [3.63, 3.8) is 0 Å². The van der Waals surface area contributed by atoms with Crippen molar-refractivity contribution in [2.24, 2.45) is 0 Å². The third kappa shape index (κ3) is 5.75. The van der Waals surface area contributed by atoms with Crippen LogP contribution in [0.3, 0.4) is 0 Å². The Morgan fingerprint density at radius 2 is 1.69 bits per heavy atom. The number of benzene rings is 3. The van der Waals surface area contributed by atoms with E-state index >= 15 is 0 Å². The molecule has 3 aromatic rings. The Labute approximate surface area is 169 Å². The van der Waals surface area contributed by atoms with Gasteiger partial charge < -0.3 is 10.1 Å². The number of hydrogen-bond donors (Lipinski definition) is 1. The van der Waals surface area contributed by atoms with E-state index in [2.05, 4.69) is 5.32 Å². The van der Waals surface area contributed by atoms with Gasteiger partial charge in [0.25, 0.3) is 5.91 Å². The lowest BCUT2D eigenvalue weighted by molar-refractivity contribution is -0.144. The van der Waals surface area contributed by atoms with E-state index in [1.54, 1.807) is 6.07 Å². The normalized spacial score (nSPS) is 10.4. The van der Waals surface area contributed by atoms with Gasteiger partial charge in [-0.05, 0) is 47.4 Å². The Morgan fingerprint density at radius 1 is 0.966 bits per heavy atom. The molecule has 0 spiro atoms. The molecule has 0 saturated heterocycles. The van der Waals surface area contributed by atoms with Crippen molar-refractivity contribution >= 4 is 11.9 Å². The van der Waals surface area contributed by atoms with Crippen LogP contribution in [0.15, 0.2) is 72.8 Å². The summed E-state index contributed by atoms with van der Waals surface area (Å²) in [4.78, 5) is 24.2. The first kappa shape index (κ1) is 20.3. The first-order valence-electron chi connectivity index (χ1n) is 9.37. The van der Waals surface area contributed by atoms with Crippen molar-refractivity contribution in [2.75, 3.05) is 6.54 Å². The summed E-state index contributed by atoms with van der Waals surface area (Å²) in [7, 11) is 0. The maximum atomic E-state index is 14.1. The van der Waals surface area contributed by atoms with Gasteiger partial charge in [0.15, 0.2) is 0 Å². The minimum Gasteiger partial charge on any atom is -0.461 e. The average Bonchev–Trinajstić information content (AvgIpc) is 2.73. The van der Waals surface area contributed by atoms with Gasteiger partial charge in [0.05, 0.1) is 6.42 Å². The minimum atomic E-state index is -0.488. The fourth-order valence-electron chi connectivity index (χ4n) is 2.96. The standard InChI is InChI=1S/C24H22FNO3/c1-17-7-5-6-10-22(17)19-13-20(15-21(25)14-19)24(28)26-12-11-23(27)29-16-18-8-3-2-4-9-18/h2-10,13-15H,11-12,16H2,1H3,(H,26,28). The fraction of sp³-hybridized carbons (Fsp3) is 0.167. The van der Waals surface area contributed by atoms with Crippen LogP contribution < -0.4 is 5.32 Å². The maximum absolute atomic E-state index is 14.1. The first-order chi connectivity index (χ1) is 14.0. The van der Waals surface area contributed by atoms with E-state index in [9.17, 15) is 14.0 Å². The minimum absolute atomic E-state index is 0.0402. The van der Waals surface area contributed by atoms with Crippen LogP contribution in [0.2, 0.25) is 0 Å². The van der Waals surface area contributed by atoms with Crippen molar-refractivity contribution in [3.8, 4) is 11.1 Å². The van der Waals surface area contributed by atoms with Crippen LogP contribution in [-0.2, 0) is 16.1 Å². The number of rotatable bonds is 7. The highest BCUT2D eigenvalue weighted by Crippen LogP contribution is 2.25. The molecule has 0 aliphatic rings. The van der Waals surface area contributed by atoms with Crippen LogP contribution in [-0.4, -0.2) is 18.4 Å². The van der Waals surface area contributed by atoms with Crippen molar-refractivity contribution in [2.45, 2.75) is 20.0 Å². The molecule has 0 aliphatic carbocycles. The Balaban J connectivity index is 1.55. The highest BCUT2D eigenvalue weighted by atomic mass is 19.1. The molecule has 0 bridgehead atoms. The van der Waals surface area contributed by atoms with E-state index in [4.69, 9.17) is 4.74 Å². The zero-order valence-electron chi connectivity index (χ0n) is 16.2. The largest absolute Gasteiger partial charge is 0.461 e. The molecule has 148 valence electrons. The molecule has 1 N–H and O–H groups in total. The lowest BCUT2D eigenvalue weighted by atomic mass is 9.98. The second-order valence-corrected chi connectivity index (χ2v) is 6.70. The topological polar surface area (TPSA) is 55.4 Å². The lowest BCUT2D eigenvalue weighted by Gasteiger charge is -2.10. The molecule has 29 heavy (non-hydrogen) atoms. The van der Waals surface area contributed by atoms with Gasteiger partial charge in [0, 0.05) is 12.1 Å². The van der Waals surface area contributed by atoms with E-state index in [-0.39, 0.29) is 25.1 Å². The zero-order chi connectivity index (χ0) is 20.6. The van der Waals surface area contributed by atoms with Crippen molar-refractivity contribution in [1.29, 1.82) is 0 Å². The van der Waals surface area contributed by atoms with Crippen LogP contribution in [0.4, 0.5) is 4.39 Å². The highest BCUT2D eigenvalue weighted by molar-refractivity contribution is 5.95. The van der Waals surface area contributed by atoms with Gasteiger partial charge in [0.2, 0.25) is 0 Å². The molecular weight excluding hydrogens is 369 g/mol. The van der Waals surface area contributed by atoms with Crippen LogP contribution in [0.5, 0.6) is 0 Å². The third-order valence-electron chi connectivity index (χ3n) is 4.47. The predicted molar refractivity (Wildman–Crippen MR) is 110 cm³/mol. The lowest BCUT2D eigenvalue weighted by Crippen LogP contribution is -2.26. The van der Waals surface area contributed by atoms with Gasteiger partial charge >= 0.3 is 5.97 Å².